The maximum absolute atomic E-state index is 12.3. The fourth-order valence-electron chi connectivity index (χ4n) is 2.38. The molecule has 0 saturated carbocycles. The molecule has 1 amide bonds. The van der Waals surface area contributed by atoms with E-state index in [-0.39, 0.29) is 12.5 Å². The standard InChI is InChI=1S/C13H20N2O5/c1-3-8-11(7(2)20-15-8)13(18)14-9-4-5-19-10(6-16)12(9)17/h9-10,12,16-17H,3-6H2,1-2H3,(H,14,18)/t9-,10+,12-/m0/s1. The molecule has 0 aliphatic carbocycles. The molecule has 1 saturated heterocycles. The number of aliphatic hydroxyl groups is 2. The maximum Gasteiger partial charge on any atom is 0.257 e. The lowest BCUT2D eigenvalue weighted by molar-refractivity contribution is -0.107. The van der Waals surface area contributed by atoms with Crippen molar-refractivity contribution in [2.24, 2.45) is 0 Å². The third-order valence-corrected chi connectivity index (χ3v) is 3.55. The van der Waals surface area contributed by atoms with Crippen LogP contribution in [0.5, 0.6) is 0 Å². The molecule has 7 heteroatoms. The Balaban J connectivity index is 2.09. The highest BCUT2D eigenvalue weighted by atomic mass is 16.5. The number of nitrogens with zero attached hydrogens (tertiary/aromatic N) is 1. The smallest absolute Gasteiger partial charge is 0.257 e. The Hall–Kier alpha value is -1.44. The number of rotatable bonds is 4. The Bertz CT molecular complexity index is 473. The predicted octanol–water partition coefficient (Wildman–Crippen LogP) is -0.214. The second kappa shape index (κ2) is 6.34. The molecule has 0 unspecified atom stereocenters. The molecule has 1 fully saturated rings. The number of hydrogen-bond acceptors (Lipinski definition) is 6. The number of aliphatic hydroxyl groups excluding tert-OH is 2. The van der Waals surface area contributed by atoms with Gasteiger partial charge in [-0.2, -0.15) is 0 Å². The minimum atomic E-state index is -0.928. The Labute approximate surface area is 116 Å². The van der Waals surface area contributed by atoms with Crippen molar-refractivity contribution in [3.05, 3.63) is 17.0 Å². The van der Waals surface area contributed by atoms with Crippen LogP contribution in [0.2, 0.25) is 0 Å². The molecule has 0 radical (unpaired) electrons. The molecule has 112 valence electrons. The molecular formula is C13H20N2O5. The zero-order valence-corrected chi connectivity index (χ0v) is 11.6. The summed E-state index contributed by atoms with van der Waals surface area (Å²) in [6.45, 7) is 3.67. The third-order valence-electron chi connectivity index (χ3n) is 3.55. The number of aryl methyl sites for hydroxylation is 2. The van der Waals surface area contributed by atoms with E-state index in [1.54, 1.807) is 6.92 Å². The molecule has 1 aromatic rings. The van der Waals surface area contributed by atoms with Crippen molar-refractivity contribution < 1.29 is 24.3 Å². The second-order valence-electron chi connectivity index (χ2n) is 4.87. The summed E-state index contributed by atoms with van der Waals surface area (Å²) >= 11 is 0. The van der Waals surface area contributed by atoms with E-state index in [0.717, 1.165) is 0 Å². The largest absolute Gasteiger partial charge is 0.394 e. The van der Waals surface area contributed by atoms with Gasteiger partial charge in [0, 0.05) is 6.61 Å². The molecule has 2 heterocycles. The van der Waals surface area contributed by atoms with Crippen molar-refractivity contribution in [2.75, 3.05) is 13.2 Å². The lowest BCUT2D eigenvalue weighted by Gasteiger charge is -2.34. The highest BCUT2D eigenvalue weighted by molar-refractivity contribution is 5.96. The van der Waals surface area contributed by atoms with Crippen LogP contribution in [0.15, 0.2) is 4.52 Å². The van der Waals surface area contributed by atoms with Gasteiger partial charge >= 0.3 is 0 Å². The van der Waals surface area contributed by atoms with Gasteiger partial charge in [0.2, 0.25) is 0 Å². The molecule has 20 heavy (non-hydrogen) atoms. The van der Waals surface area contributed by atoms with E-state index in [1.807, 2.05) is 6.92 Å². The molecule has 1 aliphatic heterocycles. The van der Waals surface area contributed by atoms with Crippen molar-refractivity contribution in [3.8, 4) is 0 Å². The van der Waals surface area contributed by atoms with Gasteiger partial charge in [-0.25, -0.2) is 0 Å². The Kier molecular flexibility index (Phi) is 4.74. The summed E-state index contributed by atoms with van der Waals surface area (Å²) < 4.78 is 10.3. The number of carbonyl (C=O) groups is 1. The van der Waals surface area contributed by atoms with E-state index >= 15 is 0 Å². The van der Waals surface area contributed by atoms with Gasteiger partial charge in [0.1, 0.15) is 23.5 Å². The van der Waals surface area contributed by atoms with Crippen molar-refractivity contribution in [2.45, 2.75) is 44.9 Å². The van der Waals surface area contributed by atoms with Gasteiger partial charge in [0.25, 0.3) is 5.91 Å². The molecule has 0 aromatic carbocycles. The quantitative estimate of drug-likeness (QED) is 0.706. The van der Waals surface area contributed by atoms with Crippen LogP contribution in [-0.4, -0.2) is 52.7 Å². The third kappa shape index (κ3) is 2.84. The topological polar surface area (TPSA) is 105 Å². The van der Waals surface area contributed by atoms with E-state index in [4.69, 9.17) is 14.4 Å². The fourth-order valence-corrected chi connectivity index (χ4v) is 2.38. The number of nitrogens with one attached hydrogen (secondary N) is 1. The minimum Gasteiger partial charge on any atom is -0.394 e. The van der Waals surface area contributed by atoms with Crippen LogP contribution in [0.4, 0.5) is 0 Å². The number of aromatic nitrogens is 1. The first-order chi connectivity index (χ1) is 9.58. The average molecular weight is 284 g/mol. The Morgan fingerprint density at radius 2 is 2.30 bits per heavy atom. The van der Waals surface area contributed by atoms with E-state index in [1.165, 1.54) is 0 Å². The zero-order valence-electron chi connectivity index (χ0n) is 11.6. The summed E-state index contributed by atoms with van der Waals surface area (Å²) in [5, 5.41) is 25.7. The molecule has 0 spiro atoms. The predicted molar refractivity (Wildman–Crippen MR) is 69.3 cm³/mol. The lowest BCUT2D eigenvalue weighted by Crippen LogP contribution is -2.54. The van der Waals surface area contributed by atoms with E-state index < -0.39 is 18.2 Å². The van der Waals surface area contributed by atoms with Crippen molar-refractivity contribution in [1.82, 2.24) is 10.5 Å². The van der Waals surface area contributed by atoms with E-state index in [9.17, 15) is 9.90 Å². The van der Waals surface area contributed by atoms with Crippen LogP contribution >= 0.6 is 0 Å². The average Bonchev–Trinajstić information content (AvgIpc) is 2.82. The van der Waals surface area contributed by atoms with Gasteiger partial charge in [-0.15, -0.1) is 0 Å². The number of carbonyl (C=O) groups excluding carboxylic acids is 1. The van der Waals surface area contributed by atoms with Crippen molar-refractivity contribution in [3.63, 3.8) is 0 Å². The first-order valence-corrected chi connectivity index (χ1v) is 6.75. The first-order valence-electron chi connectivity index (χ1n) is 6.75. The summed E-state index contributed by atoms with van der Waals surface area (Å²) in [5.74, 6) is 0.142. The highest BCUT2D eigenvalue weighted by Gasteiger charge is 2.34. The number of hydrogen-bond donors (Lipinski definition) is 3. The van der Waals surface area contributed by atoms with Crippen LogP contribution in [0.3, 0.4) is 0 Å². The van der Waals surface area contributed by atoms with Crippen LogP contribution in [0.1, 0.15) is 35.2 Å². The summed E-state index contributed by atoms with van der Waals surface area (Å²) in [6.07, 6.45) is -0.503. The van der Waals surface area contributed by atoms with Gasteiger partial charge in [0.05, 0.1) is 18.3 Å². The number of ether oxygens (including phenoxy) is 1. The van der Waals surface area contributed by atoms with Gasteiger partial charge in [0.15, 0.2) is 0 Å². The molecule has 3 N–H and O–H groups in total. The summed E-state index contributed by atoms with van der Waals surface area (Å²) in [4.78, 5) is 12.3. The van der Waals surface area contributed by atoms with E-state index in [2.05, 4.69) is 10.5 Å². The maximum atomic E-state index is 12.3. The van der Waals surface area contributed by atoms with Gasteiger partial charge in [-0.3, -0.25) is 4.79 Å². The van der Waals surface area contributed by atoms with Crippen LogP contribution < -0.4 is 5.32 Å². The van der Waals surface area contributed by atoms with Gasteiger partial charge in [-0.1, -0.05) is 12.1 Å². The summed E-state index contributed by atoms with van der Waals surface area (Å²) in [5.41, 5.74) is 1.02. The molecule has 3 atom stereocenters. The van der Waals surface area contributed by atoms with E-state index in [0.29, 0.717) is 36.5 Å². The lowest BCUT2D eigenvalue weighted by atomic mass is 9.99. The van der Waals surface area contributed by atoms with Gasteiger partial charge in [-0.05, 0) is 19.8 Å². The fraction of sp³-hybridized carbons (Fsp3) is 0.692. The van der Waals surface area contributed by atoms with Crippen LogP contribution in [0, 0.1) is 6.92 Å². The molecular weight excluding hydrogens is 264 g/mol. The van der Waals surface area contributed by atoms with Crippen molar-refractivity contribution >= 4 is 5.91 Å². The first kappa shape index (κ1) is 15.0. The second-order valence-corrected chi connectivity index (χ2v) is 4.87. The monoisotopic (exact) mass is 284 g/mol. The zero-order chi connectivity index (χ0) is 14.7. The van der Waals surface area contributed by atoms with Gasteiger partial charge < -0.3 is 24.8 Å². The van der Waals surface area contributed by atoms with Crippen molar-refractivity contribution in [1.29, 1.82) is 0 Å². The normalized spacial score (nSPS) is 26.5. The molecule has 7 nitrogen and oxygen atoms in total. The Morgan fingerprint density at radius 3 is 2.95 bits per heavy atom. The molecule has 1 aromatic heterocycles. The molecule has 1 aliphatic rings. The summed E-state index contributed by atoms with van der Waals surface area (Å²) in [6, 6.07) is -0.451. The summed E-state index contributed by atoms with van der Waals surface area (Å²) in [7, 11) is 0. The SMILES string of the molecule is CCc1noc(C)c1C(=O)N[C@H]1CCO[C@H](CO)[C@H]1O. The van der Waals surface area contributed by atoms with Crippen LogP contribution in [-0.2, 0) is 11.2 Å². The number of amides is 1. The molecule has 0 bridgehead atoms. The molecule has 2 rings (SSSR count). The Morgan fingerprint density at radius 1 is 1.55 bits per heavy atom. The highest BCUT2D eigenvalue weighted by Crippen LogP contribution is 2.18. The van der Waals surface area contributed by atoms with Crippen LogP contribution in [0.25, 0.3) is 0 Å². The minimum absolute atomic E-state index is 0.278.